The number of ether oxygens (including phenoxy) is 1. The van der Waals surface area contributed by atoms with Gasteiger partial charge < -0.3 is 4.74 Å². The molecule has 0 bridgehead atoms. The molecular weight excluding hydrogens is 372 g/mol. The number of H-pyrrole nitrogens is 1. The maximum atomic E-state index is 13.8. The average molecular weight is 391 g/mol. The molecule has 0 saturated carbocycles. The molecule has 1 atom stereocenters. The summed E-state index contributed by atoms with van der Waals surface area (Å²) in [7, 11) is 1.55. The Morgan fingerprint density at radius 3 is 2.52 bits per heavy atom. The summed E-state index contributed by atoms with van der Waals surface area (Å²) < 4.78 is 34.5. The number of nitrogens with zero attached hydrogens (tertiary/aromatic N) is 2. The minimum Gasteiger partial charge on any atom is -0.497 e. The zero-order valence-corrected chi connectivity index (χ0v) is 15.9. The monoisotopic (exact) mass is 391 g/mol. The third kappa shape index (κ3) is 3.49. The Morgan fingerprint density at radius 2 is 1.96 bits per heavy atom. The summed E-state index contributed by atoms with van der Waals surface area (Å²) in [6.45, 7) is 3.85. The molecular formula is C19H19F2N3O2S. The van der Waals surface area contributed by atoms with E-state index in [2.05, 4.69) is 9.97 Å². The van der Waals surface area contributed by atoms with Gasteiger partial charge in [0.25, 0.3) is 12.0 Å². The molecule has 0 amide bonds. The van der Waals surface area contributed by atoms with Crippen molar-refractivity contribution >= 4 is 23.3 Å². The van der Waals surface area contributed by atoms with Crippen LogP contribution in [0.1, 0.15) is 38.3 Å². The predicted molar refractivity (Wildman–Crippen MR) is 103 cm³/mol. The highest BCUT2D eigenvalue weighted by molar-refractivity contribution is 7.71. The zero-order valence-electron chi connectivity index (χ0n) is 15.1. The minimum atomic E-state index is -2.82. The van der Waals surface area contributed by atoms with Gasteiger partial charge in [-0.15, -0.1) is 0 Å². The van der Waals surface area contributed by atoms with Crippen LogP contribution >= 0.6 is 12.2 Å². The molecule has 3 rings (SSSR count). The van der Waals surface area contributed by atoms with Crippen LogP contribution in [0.4, 0.5) is 8.78 Å². The van der Waals surface area contributed by atoms with Crippen molar-refractivity contribution in [3.05, 3.63) is 51.0 Å². The van der Waals surface area contributed by atoms with Crippen LogP contribution < -0.4 is 10.3 Å². The number of halogens is 2. The second-order valence-electron chi connectivity index (χ2n) is 6.21. The molecule has 0 radical (unpaired) electrons. The van der Waals surface area contributed by atoms with Gasteiger partial charge in [0.15, 0.2) is 4.77 Å². The van der Waals surface area contributed by atoms with Crippen molar-refractivity contribution in [2.75, 3.05) is 7.11 Å². The highest BCUT2D eigenvalue weighted by atomic mass is 32.1. The lowest BCUT2D eigenvalue weighted by atomic mass is 10.1. The van der Waals surface area contributed by atoms with E-state index in [0.29, 0.717) is 23.4 Å². The molecule has 0 spiro atoms. The molecule has 27 heavy (non-hydrogen) atoms. The normalized spacial score (nSPS) is 12.5. The first kappa shape index (κ1) is 19.2. The number of alkyl halides is 2. The van der Waals surface area contributed by atoms with Gasteiger partial charge in [-0.05, 0) is 55.9 Å². The lowest BCUT2D eigenvalue weighted by molar-refractivity contribution is 0.153. The van der Waals surface area contributed by atoms with Crippen molar-refractivity contribution in [3.63, 3.8) is 0 Å². The summed E-state index contributed by atoms with van der Waals surface area (Å²) >= 11 is 5.27. The number of nitrogens with one attached hydrogen (secondary N) is 1. The number of pyridine rings is 1. The molecule has 0 aliphatic rings. The molecule has 142 valence electrons. The quantitative estimate of drug-likeness (QED) is 0.619. The van der Waals surface area contributed by atoms with Crippen molar-refractivity contribution in [1.82, 2.24) is 14.5 Å². The summed E-state index contributed by atoms with van der Waals surface area (Å²) in [5.41, 5.74) is 0.137. The molecule has 3 aromatic rings. The SMILES string of the molecule is CCC(C)n1c(=S)[nH]c(=O)c2c(C(F)F)cc(-c3ccc(OC)cc3)nc21. The highest BCUT2D eigenvalue weighted by Gasteiger charge is 2.21. The van der Waals surface area contributed by atoms with Crippen molar-refractivity contribution in [1.29, 1.82) is 0 Å². The van der Waals surface area contributed by atoms with Crippen LogP contribution in [0.3, 0.4) is 0 Å². The Balaban J connectivity index is 2.40. The van der Waals surface area contributed by atoms with Crippen LogP contribution in [0.2, 0.25) is 0 Å². The third-order valence-corrected chi connectivity index (χ3v) is 4.88. The number of methoxy groups -OCH3 is 1. The second-order valence-corrected chi connectivity index (χ2v) is 6.60. The second kappa shape index (κ2) is 7.56. The molecule has 0 aliphatic heterocycles. The molecule has 1 aromatic carbocycles. The van der Waals surface area contributed by atoms with Gasteiger partial charge in [0.1, 0.15) is 11.4 Å². The zero-order chi connectivity index (χ0) is 19.7. The van der Waals surface area contributed by atoms with Gasteiger partial charge in [-0.1, -0.05) is 6.92 Å². The molecule has 5 nitrogen and oxygen atoms in total. The smallest absolute Gasteiger partial charge is 0.264 e. The fourth-order valence-electron chi connectivity index (χ4n) is 2.95. The first-order valence-corrected chi connectivity index (χ1v) is 8.90. The number of aromatic amines is 1. The molecule has 8 heteroatoms. The fourth-order valence-corrected chi connectivity index (χ4v) is 3.31. The van der Waals surface area contributed by atoms with Crippen molar-refractivity contribution in [2.24, 2.45) is 0 Å². The lowest BCUT2D eigenvalue weighted by Gasteiger charge is -2.18. The van der Waals surface area contributed by atoms with E-state index in [4.69, 9.17) is 17.0 Å². The average Bonchev–Trinajstić information content (AvgIpc) is 2.66. The van der Waals surface area contributed by atoms with Gasteiger partial charge in [0, 0.05) is 17.2 Å². The predicted octanol–water partition coefficient (Wildman–Crippen LogP) is 5.04. The molecule has 0 aliphatic carbocycles. The Labute approximate surface area is 159 Å². The molecule has 2 aromatic heterocycles. The minimum absolute atomic E-state index is 0.110. The van der Waals surface area contributed by atoms with E-state index in [1.54, 1.807) is 35.9 Å². The van der Waals surface area contributed by atoms with Crippen molar-refractivity contribution in [3.8, 4) is 17.0 Å². The van der Waals surface area contributed by atoms with Gasteiger partial charge in [-0.2, -0.15) is 0 Å². The van der Waals surface area contributed by atoms with Gasteiger partial charge in [0.05, 0.1) is 18.2 Å². The van der Waals surface area contributed by atoms with Gasteiger partial charge in [0.2, 0.25) is 0 Å². The van der Waals surface area contributed by atoms with Crippen LogP contribution in [0.25, 0.3) is 22.3 Å². The summed E-state index contributed by atoms with van der Waals surface area (Å²) in [6.07, 6.45) is -2.12. The fraction of sp³-hybridized carbons (Fsp3) is 0.316. The highest BCUT2D eigenvalue weighted by Crippen LogP contribution is 2.31. The Hall–Kier alpha value is -2.61. The standard InChI is InChI=1S/C19H19F2N3O2S/c1-4-10(2)24-17-15(18(25)23-19(24)27)13(16(20)21)9-14(22-17)11-5-7-12(26-3)8-6-11/h5-10,16H,4H2,1-3H3,(H,23,25,27). The third-order valence-electron chi connectivity index (χ3n) is 4.58. The van der Waals surface area contributed by atoms with E-state index in [9.17, 15) is 13.6 Å². The summed E-state index contributed by atoms with van der Waals surface area (Å²) in [5, 5.41) is -0.129. The maximum Gasteiger partial charge on any atom is 0.264 e. The first-order chi connectivity index (χ1) is 12.9. The summed E-state index contributed by atoms with van der Waals surface area (Å²) in [6, 6.07) is 8.06. The largest absolute Gasteiger partial charge is 0.497 e. The van der Waals surface area contributed by atoms with Gasteiger partial charge in [-0.25, -0.2) is 13.8 Å². The Kier molecular flexibility index (Phi) is 5.36. The molecule has 0 saturated heterocycles. The maximum absolute atomic E-state index is 13.8. The van der Waals surface area contributed by atoms with Crippen LogP contribution in [-0.4, -0.2) is 21.6 Å². The lowest BCUT2D eigenvalue weighted by Crippen LogP contribution is -2.19. The van der Waals surface area contributed by atoms with E-state index >= 15 is 0 Å². The van der Waals surface area contributed by atoms with Gasteiger partial charge in [-0.3, -0.25) is 14.3 Å². The van der Waals surface area contributed by atoms with Crippen molar-refractivity contribution < 1.29 is 13.5 Å². The Morgan fingerprint density at radius 1 is 1.30 bits per heavy atom. The van der Waals surface area contributed by atoms with E-state index < -0.39 is 12.0 Å². The topological polar surface area (TPSA) is 59.9 Å². The summed E-state index contributed by atoms with van der Waals surface area (Å²) in [5.74, 6) is 0.646. The number of rotatable bonds is 5. The number of benzene rings is 1. The molecule has 1 unspecified atom stereocenters. The molecule has 1 N–H and O–H groups in total. The number of fused-ring (bicyclic) bond motifs is 1. The molecule has 2 heterocycles. The van der Waals surface area contributed by atoms with Crippen LogP contribution in [0, 0.1) is 4.77 Å². The first-order valence-electron chi connectivity index (χ1n) is 8.49. The number of aromatic nitrogens is 3. The number of hydrogen-bond donors (Lipinski definition) is 1. The number of hydrogen-bond acceptors (Lipinski definition) is 4. The van der Waals surface area contributed by atoms with E-state index in [1.807, 2.05) is 13.8 Å². The summed E-state index contributed by atoms with van der Waals surface area (Å²) in [4.78, 5) is 19.4. The Bertz CT molecular complexity index is 1090. The van der Waals surface area contributed by atoms with E-state index in [1.165, 1.54) is 6.07 Å². The molecule has 0 fully saturated rings. The van der Waals surface area contributed by atoms with Crippen LogP contribution in [0.5, 0.6) is 5.75 Å². The van der Waals surface area contributed by atoms with Crippen molar-refractivity contribution in [2.45, 2.75) is 32.7 Å². The van der Waals surface area contributed by atoms with Crippen LogP contribution in [0.15, 0.2) is 35.1 Å². The van der Waals surface area contributed by atoms with Gasteiger partial charge >= 0.3 is 0 Å². The van der Waals surface area contributed by atoms with E-state index in [0.717, 1.165) is 0 Å². The van der Waals surface area contributed by atoms with E-state index in [-0.39, 0.29) is 27.4 Å². The van der Waals surface area contributed by atoms with Crippen LogP contribution in [-0.2, 0) is 0 Å².